The Hall–Kier alpha value is -3.21. The number of anilines is 2. The summed E-state index contributed by atoms with van der Waals surface area (Å²) in [5, 5.41) is 0. The maximum Gasteiger partial charge on any atom is 0.274 e. The van der Waals surface area contributed by atoms with Crippen molar-refractivity contribution in [2.75, 3.05) is 18.0 Å². The molecule has 3 heterocycles. The number of carbonyl (C=O) groups excluding carboxylic acids is 1. The van der Waals surface area contributed by atoms with Crippen LogP contribution < -0.4 is 4.90 Å². The first-order chi connectivity index (χ1) is 13.8. The summed E-state index contributed by atoms with van der Waals surface area (Å²) in [5.41, 5.74) is 5.49. The van der Waals surface area contributed by atoms with Crippen LogP contribution in [0.15, 0.2) is 60.9 Å². The minimum absolute atomic E-state index is 0.0485. The van der Waals surface area contributed by atoms with Gasteiger partial charge in [-0.15, -0.1) is 0 Å². The molecule has 0 radical (unpaired) electrons. The van der Waals surface area contributed by atoms with Gasteiger partial charge in [-0.05, 0) is 42.0 Å². The first-order valence-electron chi connectivity index (χ1n) is 9.83. The van der Waals surface area contributed by atoms with Gasteiger partial charge in [0, 0.05) is 25.3 Å². The predicted octanol–water partition coefficient (Wildman–Crippen LogP) is 3.76. The smallest absolute Gasteiger partial charge is 0.274 e. The Labute approximate surface area is 164 Å². The van der Waals surface area contributed by atoms with E-state index in [2.05, 4.69) is 57.3 Å². The summed E-state index contributed by atoms with van der Waals surface area (Å²) in [7, 11) is 0. The van der Waals surface area contributed by atoms with Gasteiger partial charge in [0.1, 0.15) is 5.69 Å². The zero-order chi connectivity index (χ0) is 18.9. The lowest BCUT2D eigenvalue weighted by Crippen LogP contribution is -2.36. The van der Waals surface area contributed by atoms with E-state index in [1.807, 2.05) is 11.0 Å². The molecule has 0 saturated carbocycles. The van der Waals surface area contributed by atoms with Gasteiger partial charge in [-0.25, -0.2) is 9.97 Å². The summed E-state index contributed by atoms with van der Waals surface area (Å²) in [4.78, 5) is 26.0. The number of para-hydroxylation sites is 1. The van der Waals surface area contributed by atoms with Crippen LogP contribution in [0.25, 0.3) is 0 Å². The van der Waals surface area contributed by atoms with Crippen LogP contribution in [0.3, 0.4) is 0 Å². The van der Waals surface area contributed by atoms with Crippen LogP contribution in [0.2, 0.25) is 0 Å². The molecule has 3 aromatic rings. The number of nitrogens with zero attached hydrogens (tertiary/aromatic N) is 4. The minimum atomic E-state index is -0.0485. The lowest BCUT2D eigenvalue weighted by Gasteiger charge is -2.30. The van der Waals surface area contributed by atoms with Crippen LogP contribution in [0.1, 0.15) is 33.6 Å². The SMILES string of the molecule is O=C(c1cnc(N2CCCc3ccccc32)cn1)N1CCc2ccccc2C1. The number of carbonyl (C=O) groups is 1. The topological polar surface area (TPSA) is 49.3 Å². The number of benzene rings is 2. The van der Waals surface area contributed by atoms with Crippen molar-refractivity contribution in [3.63, 3.8) is 0 Å². The number of hydrogen-bond donors (Lipinski definition) is 0. The van der Waals surface area contributed by atoms with Gasteiger partial charge in [-0.1, -0.05) is 42.5 Å². The third-order valence-electron chi connectivity index (χ3n) is 5.66. The van der Waals surface area contributed by atoms with E-state index < -0.39 is 0 Å². The lowest BCUT2D eigenvalue weighted by molar-refractivity contribution is 0.0728. The van der Waals surface area contributed by atoms with Gasteiger partial charge >= 0.3 is 0 Å². The van der Waals surface area contributed by atoms with Gasteiger partial charge in [-0.2, -0.15) is 0 Å². The molecule has 0 bridgehead atoms. The third kappa shape index (κ3) is 3.03. The molecule has 1 amide bonds. The third-order valence-corrected chi connectivity index (χ3v) is 5.66. The highest BCUT2D eigenvalue weighted by Crippen LogP contribution is 2.31. The Bertz CT molecular complexity index is 1020. The summed E-state index contributed by atoms with van der Waals surface area (Å²) in [6.45, 7) is 2.28. The highest BCUT2D eigenvalue weighted by atomic mass is 16.2. The second kappa shape index (κ2) is 7.08. The number of hydrogen-bond acceptors (Lipinski definition) is 4. The molecule has 2 aromatic carbocycles. The summed E-state index contributed by atoms with van der Waals surface area (Å²) in [6, 6.07) is 16.7. The molecule has 28 heavy (non-hydrogen) atoms. The van der Waals surface area contributed by atoms with Crippen molar-refractivity contribution in [2.24, 2.45) is 0 Å². The number of fused-ring (bicyclic) bond motifs is 2. The largest absolute Gasteiger partial charge is 0.333 e. The van der Waals surface area contributed by atoms with Gasteiger partial charge in [0.05, 0.1) is 12.4 Å². The number of amides is 1. The Morgan fingerprint density at radius 1 is 0.821 bits per heavy atom. The van der Waals surface area contributed by atoms with Gasteiger partial charge < -0.3 is 9.80 Å². The average Bonchev–Trinajstić information content (AvgIpc) is 2.78. The van der Waals surface area contributed by atoms with E-state index in [0.29, 0.717) is 12.2 Å². The molecule has 5 nitrogen and oxygen atoms in total. The fraction of sp³-hybridized carbons (Fsp3) is 0.261. The van der Waals surface area contributed by atoms with Crippen LogP contribution in [-0.4, -0.2) is 33.9 Å². The van der Waals surface area contributed by atoms with Crippen molar-refractivity contribution >= 4 is 17.4 Å². The molecule has 0 atom stereocenters. The minimum Gasteiger partial charge on any atom is -0.333 e. The van der Waals surface area contributed by atoms with Gasteiger partial charge in [0.2, 0.25) is 0 Å². The van der Waals surface area contributed by atoms with Crippen LogP contribution in [0, 0.1) is 0 Å². The van der Waals surface area contributed by atoms with E-state index in [9.17, 15) is 4.79 Å². The van der Waals surface area contributed by atoms with Crippen LogP contribution in [0.4, 0.5) is 11.5 Å². The molecule has 5 rings (SSSR count). The van der Waals surface area contributed by atoms with E-state index >= 15 is 0 Å². The molecule has 0 fully saturated rings. The molecular formula is C23H22N4O. The molecule has 0 N–H and O–H groups in total. The highest BCUT2D eigenvalue weighted by molar-refractivity contribution is 5.92. The lowest BCUT2D eigenvalue weighted by atomic mass is 10.00. The van der Waals surface area contributed by atoms with Gasteiger partial charge in [-0.3, -0.25) is 4.79 Å². The molecule has 2 aliphatic heterocycles. The fourth-order valence-electron chi connectivity index (χ4n) is 4.17. The summed E-state index contributed by atoms with van der Waals surface area (Å²) < 4.78 is 0. The Morgan fingerprint density at radius 3 is 2.43 bits per heavy atom. The van der Waals surface area contributed by atoms with Crippen molar-refractivity contribution < 1.29 is 4.79 Å². The average molecular weight is 370 g/mol. The van der Waals surface area contributed by atoms with Crippen molar-refractivity contribution in [1.29, 1.82) is 0 Å². The quantitative estimate of drug-likeness (QED) is 0.689. The zero-order valence-electron chi connectivity index (χ0n) is 15.7. The van der Waals surface area contributed by atoms with Crippen molar-refractivity contribution in [3.8, 4) is 0 Å². The molecule has 0 unspecified atom stereocenters. The normalized spacial score (nSPS) is 15.7. The Kier molecular flexibility index (Phi) is 4.28. The highest BCUT2D eigenvalue weighted by Gasteiger charge is 2.24. The Morgan fingerprint density at radius 2 is 1.61 bits per heavy atom. The fourth-order valence-corrected chi connectivity index (χ4v) is 4.17. The summed E-state index contributed by atoms with van der Waals surface area (Å²) >= 11 is 0. The number of rotatable bonds is 2. The molecule has 140 valence electrons. The van der Waals surface area contributed by atoms with E-state index in [1.165, 1.54) is 22.4 Å². The number of aryl methyl sites for hydroxylation is 1. The standard InChI is InChI=1S/C23H22N4O/c28-23(26-13-11-17-6-1-2-8-19(17)16-26)20-14-25-22(15-24-20)27-12-5-9-18-7-3-4-10-21(18)27/h1-4,6-8,10,14-15H,5,9,11-13,16H2. The van der Waals surface area contributed by atoms with Crippen molar-refractivity contribution in [2.45, 2.75) is 25.8 Å². The van der Waals surface area contributed by atoms with Crippen LogP contribution >= 0.6 is 0 Å². The van der Waals surface area contributed by atoms with E-state index in [0.717, 1.165) is 38.2 Å². The van der Waals surface area contributed by atoms with E-state index in [1.54, 1.807) is 12.4 Å². The summed E-state index contributed by atoms with van der Waals surface area (Å²) in [6.07, 6.45) is 6.42. The van der Waals surface area contributed by atoms with Crippen LogP contribution in [-0.2, 0) is 19.4 Å². The molecule has 0 spiro atoms. The van der Waals surface area contributed by atoms with E-state index in [4.69, 9.17) is 0 Å². The molecule has 2 aliphatic rings. The van der Waals surface area contributed by atoms with E-state index in [-0.39, 0.29) is 5.91 Å². The van der Waals surface area contributed by atoms with Gasteiger partial charge in [0.25, 0.3) is 5.91 Å². The second-order valence-electron chi connectivity index (χ2n) is 7.39. The zero-order valence-corrected chi connectivity index (χ0v) is 15.7. The van der Waals surface area contributed by atoms with Gasteiger partial charge in [0.15, 0.2) is 5.82 Å². The van der Waals surface area contributed by atoms with Crippen molar-refractivity contribution in [3.05, 3.63) is 83.3 Å². The Balaban J connectivity index is 1.36. The second-order valence-corrected chi connectivity index (χ2v) is 7.39. The molecular weight excluding hydrogens is 348 g/mol. The first kappa shape index (κ1) is 16.9. The molecule has 1 aromatic heterocycles. The van der Waals surface area contributed by atoms with Crippen LogP contribution in [0.5, 0.6) is 0 Å². The van der Waals surface area contributed by atoms with Crippen molar-refractivity contribution in [1.82, 2.24) is 14.9 Å². The monoisotopic (exact) mass is 370 g/mol. The first-order valence-corrected chi connectivity index (χ1v) is 9.83. The molecule has 5 heteroatoms. The summed E-state index contributed by atoms with van der Waals surface area (Å²) in [5.74, 6) is 0.750. The maximum absolute atomic E-state index is 12.9. The molecule has 0 saturated heterocycles. The maximum atomic E-state index is 12.9. The molecule has 0 aliphatic carbocycles. The predicted molar refractivity (Wildman–Crippen MR) is 109 cm³/mol. The number of aromatic nitrogens is 2.